The number of nitrogens with one attached hydrogen (secondary N) is 1. The number of carbonyl (C=O) groups is 2. The Hall–Kier alpha value is -2.88. The molecule has 0 bridgehead atoms. The number of benzene rings is 1. The van der Waals surface area contributed by atoms with Gasteiger partial charge in [0.05, 0.1) is 20.2 Å². The molecule has 2 aromatic rings. The fraction of sp³-hybridized carbons (Fsp3) is 0.400. The Bertz CT molecular complexity index is 720. The van der Waals surface area contributed by atoms with Gasteiger partial charge in [0.1, 0.15) is 6.54 Å². The summed E-state index contributed by atoms with van der Waals surface area (Å²) in [5.74, 6) is -0.106. The van der Waals surface area contributed by atoms with E-state index in [4.69, 9.17) is 10.5 Å². The van der Waals surface area contributed by atoms with Gasteiger partial charge in [0.2, 0.25) is 0 Å². The maximum Gasteiger partial charge on any atom is 0.325 e. The summed E-state index contributed by atoms with van der Waals surface area (Å²) < 4.78 is 4.80. The third-order valence-electron chi connectivity index (χ3n) is 3.21. The van der Waals surface area contributed by atoms with Crippen molar-refractivity contribution >= 4 is 30.1 Å². The first-order valence-electron chi connectivity index (χ1n) is 7.73. The van der Waals surface area contributed by atoms with Gasteiger partial charge in [-0.25, -0.2) is 4.79 Å². The van der Waals surface area contributed by atoms with E-state index >= 15 is 0 Å². The van der Waals surface area contributed by atoms with Crippen molar-refractivity contribution in [2.24, 2.45) is 7.05 Å². The molecule has 0 aliphatic carbocycles. The molecule has 0 fully saturated rings. The Balaban J connectivity index is 0.00000338. The highest BCUT2D eigenvalue weighted by Gasteiger charge is 2.18. The molecule has 0 aliphatic rings. The number of aromatic nitrogens is 4. The lowest BCUT2D eigenvalue weighted by atomic mass is 10.2. The topological polar surface area (TPSA) is 128 Å². The van der Waals surface area contributed by atoms with E-state index < -0.39 is 12.0 Å². The average molecular weight is 384 g/mol. The van der Waals surface area contributed by atoms with E-state index in [0.29, 0.717) is 18.1 Å². The minimum Gasteiger partial charge on any atom is -0.465 e. The van der Waals surface area contributed by atoms with Gasteiger partial charge >= 0.3 is 12.0 Å². The lowest BCUT2D eigenvalue weighted by molar-refractivity contribution is -0.141. The first-order valence-corrected chi connectivity index (χ1v) is 7.73. The summed E-state index contributed by atoms with van der Waals surface area (Å²) in [6, 6.07) is 6.73. The molecule has 1 heterocycles. The van der Waals surface area contributed by atoms with Gasteiger partial charge in [0, 0.05) is 12.2 Å². The molecule has 1 aromatic carbocycles. The number of nitrogens with zero attached hydrogens (tertiary/aromatic N) is 5. The number of rotatable bonds is 7. The molecule has 0 unspecified atom stereocenters. The molecule has 1 aromatic heterocycles. The number of hydrogen-bond acceptors (Lipinski definition) is 7. The maximum absolute atomic E-state index is 12.4. The van der Waals surface area contributed by atoms with Gasteiger partial charge in [-0.2, -0.15) is 4.80 Å². The molecule has 2 rings (SSSR count). The first kappa shape index (κ1) is 21.2. The predicted molar refractivity (Wildman–Crippen MR) is 96.2 cm³/mol. The maximum atomic E-state index is 12.4. The Labute approximate surface area is 157 Å². The monoisotopic (exact) mass is 383 g/mol. The summed E-state index contributed by atoms with van der Waals surface area (Å²) in [5, 5.41) is 14.2. The van der Waals surface area contributed by atoms with Crippen LogP contribution in [0.15, 0.2) is 24.3 Å². The molecule has 11 heteroatoms. The molecule has 0 spiro atoms. The van der Waals surface area contributed by atoms with Crippen LogP contribution in [0, 0.1) is 0 Å². The van der Waals surface area contributed by atoms with Gasteiger partial charge in [0.25, 0.3) is 0 Å². The van der Waals surface area contributed by atoms with Crippen molar-refractivity contribution in [3.05, 3.63) is 35.7 Å². The van der Waals surface area contributed by atoms with E-state index in [1.165, 1.54) is 9.70 Å². The van der Waals surface area contributed by atoms with E-state index in [-0.39, 0.29) is 32.1 Å². The van der Waals surface area contributed by atoms with Crippen molar-refractivity contribution in [1.29, 1.82) is 0 Å². The standard InChI is InChI=1S/C15H21N7O3.ClH/c1-3-25-14(23)8-17-15(24)22(10-13-18-20-21(2)19-13)9-11-4-6-12(16)7-5-11;/h4-7H,3,8-10,16H2,1-2H3,(H,17,24);1H. The van der Waals surface area contributed by atoms with Crippen LogP contribution in [-0.2, 0) is 29.7 Å². The van der Waals surface area contributed by atoms with Gasteiger partial charge in [0.15, 0.2) is 5.82 Å². The Morgan fingerprint density at radius 1 is 1.27 bits per heavy atom. The number of urea groups is 1. The molecule has 0 radical (unpaired) electrons. The predicted octanol–water partition coefficient (Wildman–Crippen LogP) is 0.489. The number of aryl methyl sites for hydroxylation is 1. The zero-order chi connectivity index (χ0) is 18.2. The van der Waals surface area contributed by atoms with Gasteiger partial charge in [-0.1, -0.05) is 12.1 Å². The van der Waals surface area contributed by atoms with E-state index in [0.717, 1.165) is 5.56 Å². The largest absolute Gasteiger partial charge is 0.465 e. The molecule has 26 heavy (non-hydrogen) atoms. The zero-order valence-electron chi connectivity index (χ0n) is 14.6. The van der Waals surface area contributed by atoms with Gasteiger partial charge in [-0.3, -0.25) is 4.79 Å². The van der Waals surface area contributed by atoms with E-state index in [1.807, 2.05) is 12.1 Å². The van der Waals surface area contributed by atoms with Crippen LogP contribution in [0.3, 0.4) is 0 Å². The molecule has 0 saturated heterocycles. The molecule has 142 valence electrons. The van der Waals surface area contributed by atoms with Crippen molar-refractivity contribution in [1.82, 2.24) is 30.4 Å². The minimum absolute atomic E-state index is 0. The quantitative estimate of drug-likeness (QED) is 0.525. The normalized spacial score (nSPS) is 9.92. The summed E-state index contributed by atoms with van der Waals surface area (Å²) in [4.78, 5) is 26.6. The number of hydrogen-bond donors (Lipinski definition) is 2. The second-order valence-electron chi connectivity index (χ2n) is 5.26. The second kappa shape index (κ2) is 10.2. The molecule has 0 saturated carbocycles. The average Bonchev–Trinajstić information content (AvgIpc) is 2.99. The molecule has 0 atom stereocenters. The number of nitrogens with two attached hydrogens (primary N) is 1. The third kappa shape index (κ3) is 6.55. The number of tetrazole rings is 1. The number of amides is 2. The summed E-state index contributed by atoms with van der Waals surface area (Å²) in [7, 11) is 1.64. The van der Waals surface area contributed by atoms with Crippen molar-refractivity contribution in [3.8, 4) is 0 Å². The van der Waals surface area contributed by atoms with E-state index in [9.17, 15) is 9.59 Å². The van der Waals surface area contributed by atoms with Crippen LogP contribution in [0.4, 0.5) is 10.5 Å². The Morgan fingerprint density at radius 3 is 2.54 bits per heavy atom. The van der Waals surface area contributed by atoms with Crippen LogP contribution in [0.2, 0.25) is 0 Å². The van der Waals surface area contributed by atoms with Crippen LogP contribution < -0.4 is 11.1 Å². The lowest BCUT2D eigenvalue weighted by Crippen LogP contribution is -2.41. The summed E-state index contributed by atoms with van der Waals surface area (Å²) >= 11 is 0. The van der Waals surface area contributed by atoms with Gasteiger partial charge in [-0.15, -0.1) is 22.6 Å². The Kier molecular flexibility index (Phi) is 8.29. The van der Waals surface area contributed by atoms with Crippen molar-refractivity contribution in [3.63, 3.8) is 0 Å². The molecule has 0 aliphatic heterocycles. The van der Waals surface area contributed by atoms with Crippen LogP contribution in [0.1, 0.15) is 18.3 Å². The van der Waals surface area contributed by atoms with Crippen LogP contribution in [0.25, 0.3) is 0 Å². The highest BCUT2D eigenvalue weighted by atomic mass is 35.5. The third-order valence-corrected chi connectivity index (χ3v) is 3.21. The van der Waals surface area contributed by atoms with Crippen molar-refractivity contribution in [2.45, 2.75) is 20.0 Å². The molecular weight excluding hydrogens is 362 g/mol. The number of ether oxygens (including phenoxy) is 1. The van der Waals surface area contributed by atoms with E-state index in [2.05, 4.69) is 20.7 Å². The molecule has 3 N–H and O–H groups in total. The Morgan fingerprint density at radius 2 is 1.96 bits per heavy atom. The molecule has 10 nitrogen and oxygen atoms in total. The SMILES string of the molecule is CCOC(=O)CNC(=O)N(Cc1ccc(N)cc1)Cc1nnn(C)n1.Cl. The van der Waals surface area contributed by atoms with Crippen molar-refractivity contribution in [2.75, 3.05) is 18.9 Å². The minimum atomic E-state index is -0.499. The molecular formula is C15H22ClN7O3. The van der Waals surface area contributed by atoms with Crippen LogP contribution in [-0.4, -0.2) is 50.3 Å². The van der Waals surface area contributed by atoms with Crippen LogP contribution >= 0.6 is 12.4 Å². The number of nitrogen functional groups attached to an aromatic ring is 1. The number of halogens is 1. The highest BCUT2D eigenvalue weighted by Crippen LogP contribution is 2.10. The first-order chi connectivity index (χ1) is 12.0. The van der Waals surface area contributed by atoms with Gasteiger partial charge < -0.3 is 20.7 Å². The summed E-state index contributed by atoms with van der Waals surface area (Å²) in [6.45, 7) is 2.19. The second-order valence-corrected chi connectivity index (χ2v) is 5.26. The lowest BCUT2D eigenvalue weighted by Gasteiger charge is -2.21. The number of carbonyl (C=O) groups excluding carboxylic acids is 2. The number of anilines is 1. The zero-order valence-corrected chi connectivity index (χ0v) is 15.4. The fourth-order valence-electron chi connectivity index (χ4n) is 2.07. The van der Waals surface area contributed by atoms with Crippen molar-refractivity contribution < 1.29 is 14.3 Å². The van der Waals surface area contributed by atoms with E-state index in [1.54, 1.807) is 26.1 Å². The smallest absolute Gasteiger partial charge is 0.325 e. The molecule has 2 amide bonds. The van der Waals surface area contributed by atoms with Gasteiger partial charge in [-0.05, 0) is 29.8 Å². The highest BCUT2D eigenvalue weighted by molar-refractivity contribution is 5.85. The summed E-state index contributed by atoms with van der Waals surface area (Å²) in [5.41, 5.74) is 7.19. The summed E-state index contributed by atoms with van der Waals surface area (Å²) in [6.07, 6.45) is 0. The number of esters is 1. The van der Waals surface area contributed by atoms with Crippen LogP contribution in [0.5, 0.6) is 0 Å². The fourth-order valence-corrected chi connectivity index (χ4v) is 2.07.